The Balaban J connectivity index is 0.000000230. The van der Waals surface area contributed by atoms with E-state index in [-0.39, 0.29) is 30.6 Å². The largest absolute Gasteiger partial charge is 0.495 e. The molecule has 1 aromatic carbocycles. The molecule has 5 rings (SSSR count). The highest BCUT2D eigenvalue weighted by molar-refractivity contribution is 6.33. The molecule has 4 N–H and O–H groups in total. The fourth-order valence-electron chi connectivity index (χ4n) is 3.84. The quantitative estimate of drug-likeness (QED) is 0.498. The van der Waals surface area contributed by atoms with Gasteiger partial charge in [-0.1, -0.05) is 35.9 Å². The Hall–Kier alpha value is -2.12. The lowest BCUT2D eigenvalue weighted by atomic mass is 9.95. The molecule has 1 saturated heterocycles. The summed E-state index contributed by atoms with van der Waals surface area (Å²) in [6.45, 7) is 1.23. The lowest BCUT2D eigenvalue weighted by Gasteiger charge is -2.19. The molecule has 1 aliphatic carbocycles. The summed E-state index contributed by atoms with van der Waals surface area (Å²) in [6, 6.07) is 11.4. The van der Waals surface area contributed by atoms with E-state index in [1.54, 1.807) is 12.1 Å². The highest BCUT2D eigenvalue weighted by atomic mass is 35.5. The zero-order chi connectivity index (χ0) is 21.1. The molecule has 0 bridgehead atoms. The lowest BCUT2D eigenvalue weighted by molar-refractivity contribution is -0.0172. The van der Waals surface area contributed by atoms with Crippen molar-refractivity contribution in [2.75, 3.05) is 19.8 Å². The molecule has 3 aromatic rings. The van der Waals surface area contributed by atoms with Gasteiger partial charge in [-0.3, -0.25) is 0 Å². The van der Waals surface area contributed by atoms with Crippen molar-refractivity contribution in [2.24, 2.45) is 0 Å². The van der Waals surface area contributed by atoms with Crippen molar-refractivity contribution in [3.63, 3.8) is 0 Å². The number of aliphatic hydroxyl groups is 2. The Bertz CT molecular complexity index is 992. The second kappa shape index (κ2) is 8.94. The minimum atomic E-state index is -0.0356. The summed E-state index contributed by atoms with van der Waals surface area (Å²) in [5.74, 6) is 0.0738. The predicted molar refractivity (Wildman–Crippen MR) is 117 cm³/mol. The first-order chi connectivity index (χ1) is 14.5. The number of benzene rings is 1. The zero-order valence-electron chi connectivity index (χ0n) is 16.8. The molecule has 0 spiro atoms. The molecule has 1 aliphatic heterocycles. The van der Waals surface area contributed by atoms with E-state index in [1.165, 1.54) is 6.42 Å². The van der Waals surface area contributed by atoms with Gasteiger partial charge in [0.1, 0.15) is 0 Å². The number of aliphatic hydroxyl groups excluding tert-OH is 2. The molecule has 2 aromatic heterocycles. The van der Waals surface area contributed by atoms with Crippen LogP contribution < -0.4 is 0 Å². The normalized spacial score (nSPS) is 19.9. The van der Waals surface area contributed by atoms with Crippen molar-refractivity contribution in [3.8, 4) is 17.1 Å². The molecule has 2 aliphatic rings. The molecule has 1 saturated carbocycles. The maximum atomic E-state index is 9.51. The summed E-state index contributed by atoms with van der Waals surface area (Å²) < 4.78 is 5.18. The molecule has 0 radical (unpaired) electrons. The van der Waals surface area contributed by atoms with Gasteiger partial charge in [-0.15, -0.1) is 0 Å². The topological polar surface area (TPSA) is 98.6 Å². The number of ether oxygens (including phenoxy) is 1. The van der Waals surface area contributed by atoms with Gasteiger partial charge in [0.2, 0.25) is 0 Å². The number of hydrogen-bond donors (Lipinski definition) is 4. The Morgan fingerprint density at radius 2 is 1.90 bits per heavy atom. The summed E-state index contributed by atoms with van der Waals surface area (Å²) in [5.41, 5.74) is 4.12. The maximum Gasteiger partial charge on any atom is 0.190 e. The zero-order valence-corrected chi connectivity index (χ0v) is 17.5. The van der Waals surface area contributed by atoms with Crippen LogP contribution in [-0.2, 0) is 10.2 Å². The number of aromatic hydroxyl groups is 1. The van der Waals surface area contributed by atoms with Gasteiger partial charge < -0.3 is 25.0 Å². The predicted octanol–water partition coefficient (Wildman–Crippen LogP) is 4.16. The fourth-order valence-corrected chi connectivity index (χ4v) is 4.10. The van der Waals surface area contributed by atoms with Gasteiger partial charge in [-0.25, -0.2) is 4.98 Å². The molecular weight excluding hydrogens is 404 g/mol. The Labute approximate surface area is 180 Å². The van der Waals surface area contributed by atoms with E-state index in [4.69, 9.17) is 21.4 Å². The van der Waals surface area contributed by atoms with Gasteiger partial charge in [0.15, 0.2) is 5.88 Å². The molecule has 30 heavy (non-hydrogen) atoms. The van der Waals surface area contributed by atoms with E-state index in [1.807, 2.05) is 24.3 Å². The minimum Gasteiger partial charge on any atom is -0.495 e. The first kappa shape index (κ1) is 21.1. The minimum absolute atomic E-state index is 0.0356. The Morgan fingerprint density at radius 1 is 1.13 bits per heavy atom. The summed E-state index contributed by atoms with van der Waals surface area (Å²) >= 11 is 6.31. The van der Waals surface area contributed by atoms with E-state index >= 15 is 0 Å². The van der Waals surface area contributed by atoms with E-state index in [0.29, 0.717) is 21.7 Å². The van der Waals surface area contributed by atoms with E-state index in [2.05, 4.69) is 9.97 Å². The number of fused-ring (bicyclic) bond motifs is 1. The molecule has 2 fully saturated rings. The van der Waals surface area contributed by atoms with Crippen LogP contribution in [0.5, 0.6) is 5.88 Å². The average Bonchev–Trinajstić information content (AvgIpc) is 3.50. The number of nitrogens with one attached hydrogen (secondary N) is 1. The monoisotopic (exact) mass is 430 g/mol. The van der Waals surface area contributed by atoms with Crippen LogP contribution >= 0.6 is 11.6 Å². The Kier molecular flexibility index (Phi) is 6.29. The van der Waals surface area contributed by atoms with Crippen LogP contribution in [0.3, 0.4) is 0 Å². The second-order valence-electron chi connectivity index (χ2n) is 8.09. The first-order valence-corrected chi connectivity index (χ1v) is 10.7. The molecule has 6 nitrogen and oxygen atoms in total. The van der Waals surface area contributed by atoms with Crippen molar-refractivity contribution >= 4 is 22.6 Å². The van der Waals surface area contributed by atoms with Crippen LogP contribution in [0.4, 0.5) is 0 Å². The molecule has 1 atom stereocenters. The van der Waals surface area contributed by atoms with E-state index in [0.717, 1.165) is 43.4 Å². The SMILES string of the molecule is OCC1(c2ccc(-c3nc4cc(O)[nH]c4cc3Cl)cc2)CC1.OC[C@@H]1CCCCO1. The summed E-state index contributed by atoms with van der Waals surface area (Å²) in [4.78, 5) is 7.32. The number of pyridine rings is 1. The van der Waals surface area contributed by atoms with Gasteiger partial charge in [-0.2, -0.15) is 0 Å². The van der Waals surface area contributed by atoms with Crippen LogP contribution in [0.2, 0.25) is 5.02 Å². The van der Waals surface area contributed by atoms with Crippen LogP contribution in [-0.4, -0.2) is 51.2 Å². The van der Waals surface area contributed by atoms with Crippen LogP contribution in [0.1, 0.15) is 37.7 Å². The third kappa shape index (κ3) is 4.47. The number of rotatable bonds is 4. The maximum absolute atomic E-state index is 9.51. The number of aromatic amines is 1. The average molecular weight is 431 g/mol. The second-order valence-corrected chi connectivity index (χ2v) is 8.50. The summed E-state index contributed by atoms with van der Waals surface area (Å²) in [6.07, 6.45) is 5.63. The molecule has 160 valence electrons. The third-order valence-corrected chi connectivity index (χ3v) is 6.23. The van der Waals surface area contributed by atoms with Gasteiger partial charge in [0.25, 0.3) is 0 Å². The van der Waals surface area contributed by atoms with E-state index in [9.17, 15) is 10.2 Å². The molecule has 3 heterocycles. The molecule has 0 unspecified atom stereocenters. The molecule has 7 heteroatoms. The van der Waals surface area contributed by atoms with Crippen molar-refractivity contribution in [2.45, 2.75) is 43.6 Å². The Morgan fingerprint density at radius 3 is 2.47 bits per heavy atom. The van der Waals surface area contributed by atoms with Crippen LogP contribution in [0.25, 0.3) is 22.3 Å². The lowest BCUT2D eigenvalue weighted by Crippen LogP contribution is -2.22. The summed E-state index contributed by atoms with van der Waals surface area (Å²) in [5, 5.41) is 28.1. The van der Waals surface area contributed by atoms with Crippen molar-refractivity contribution in [1.29, 1.82) is 0 Å². The number of hydrogen-bond acceptors (Lipinski definition) is 5. The van der Waals surface area contributed by atoms with Gasteiger partial charge in [0.05, 0.1) is 41.1 Å². The number of H-pyrrole nitrogens is 1. The smallest absolute Gasteiger partial charge is 0.190 e. The molecular formula is C23H27ClN2O4. The van der Waals surface area contributed by atoms with Crippen molar-refractivity contribution in [3.05, 3.63) is 47.0 Å². The molecule has 0 amide bonds. The van der Waals surface area contributed by atoms with Crippen LogP contribution in [0, 0.1) is 0 Å². The highest BCUT2D eigenvalue weighted by Crippen LogP contribution is 2.48. The number of aromatic nitrogens is 2. The first-order valence-electron chi connectivity index (χ1n) is 10.4. The number of nitrogens with zero attached hydrogens (tertiary/aromatic N) is 1. The van der Waals surface area contributed by atoms with Gasteiger partial charge in [-0.05, 0) is 43.7 Å². The number of halogens is 1. The fraction of sp³-hybridized carbons (Fsp3) is 0.435. The van der Waals surface area contributed by atoms with Gasteiger partial charge >= 0.3 is 0 Å². The van der Waals surface area contributed by atoms with Gasteiger partial charge in [0, 0.05) is 23.7 Å². The highest BCUT2D eigenvalue weighted by Gasteiger charge is 2.43. The van der Waals surface area contributed by atoms with Crippen LogP contribution in [0.15, 0.2) is 36.4 Å². The van der Waals surface area contributed by atoms with Crippen molar-refractivity contribution in [1.82, 2.24) is 9.97 Å². The third-order valence-electron chi connectivity index (χ3n) is 5.95. The van der Waals surface area contributed by atoms with E-state index < -0.39 is 0 Å². The summed E-state index contributed by atoms with van der Waals surface area (Å²) in [7, 11) is 0. The standard InChI is InChI=1S/C17H15ClN2O2.C6H12O2/c18-12-7-13-14(8-15(22)19-13)20-16(12)10-1-3-11(4-2-10)17(9-21)5-6-17;7-5-6-3-1-2-4-8-6/h1-4,7-8,19,21-22H,5-6,9H2;6-7H,1-5H2/t;6-/m.0/s1. The van der Waals surface area contributed by atoms with Crippen molar-refractivity contribution < 1.29 is 20.1 Å².